The molecule has 0 saturated heterocycles. The summed E-state index contributed by atoms with van der Waals surface area (Å²) in [6.07, 6.45) is 0.885. The van der Waals surface area contributed by atoms with Crippen LogP contribution in [0, 0.1) is 0 Å². The van der Waals surface area contributed by atoms with Crippen molar-refractivity contribution < 1.29 is 8.42 Å². The van der Waals surface area contributed by atoms with Gasteiger partial charge in [0.05, 0.1) is 5.69 Å². The molecule has 5 nitrogen and oxygen atoms in total. The van der Waals surface area contributed by atoms with Crippen LogP contribution in [0.1, 0.15) is 6.42 Å². The van der Waals surface area contributed by atoms with Crippen molar-refractivity contribution in [2.75, 3.05) is 19.4 Å². The van der Waals surface area contributed by atoms with Gasteiger partial charge in [0.25, 0.3) is 0 Å². The van der Waals surface area contributed by atoms with Gasteiger partial charge in [-0.05, 0) is 18.6 Å². The number of nitrogens with two attached hydrogens (primary N) is 1. The second-order valence-electron chi connectivity index (χ2n) is 4.43. The fourth-order valence-corrected chi connectivity index (χ4v) is 2.64. The third-order valence-corrected chi connectivity index (χ3v) is 4.70. The summed E-state index contributed by atoms with van der Waals surface area (Å²) in [4.78, 5) is 0.295. The zero-order valence-electron chi connectivity index (χ0n) is 9.92. The van der Waals surface area contributed by atoms with Crippen molar-refractivity contribution >= 4 is 15.7 Å². The van der Waals surface area contributed by atoms with Gasteiger partial charge in [0.15, 0.2) is 0 Å². The lowest BCUT2D eigenvalue weighted by atomic mass is 10.3. The summed E-state index contributed by atoms with van der Waals surface area (Å²) >= 11 is 0. The first-order chi connectivity index (χ1) is 7.93. The lowest BCUT2D eigenvalue weighted by molar-refractivity contribution is 0.521. The SMILES string of the molecule is CN(C)S(=O)(=O)c1ccccc1NC1CC1N. The molecule has 2 unspecified atom stereocenters. The van der Waals surface area contributed by atoms with Crippen molar-refractivity contribution in [3.05, 3.63) is 24.3 Å². The monoisotopic (exact) mass is 255 g/mol. The van der Waals surface area contributed by atoms with E-state index in [1.165, 1.54) is 18.4 Å². The molecule has 2 atom stereocenters. The summed E-state index contributed by atoms with van der Waals surface area (Å²) in [6.45, 7) is 0. The minimum absolute atomic E-state index is 0.130. The largest absolute Gasteiger partial charge is 0.380 e. The lowest BCUT2D eigenvalue weighted by Gasteiger charge is -2.16. The molecule has 2 rings (SSSR count). The first kappa shape index (κ1) is 12.3. The zero-order valence-corrected chi connectivity index (χ0v) is 10.7. The van der Waals surface area contributed by atoms with Crippen LogP contribution in [0.4, 0.5) is 5.69 Å². The van der Waals surface area contributed by atoms with E-state index in [4.69, 9.17) is 5.73 Å². The molecule has 0 heterocycles. The van der Waals surface area contributed by atoms with Gasteiger partial charge in [-0.2, -0.15) is 0 Å². The van der Waals surface area contributed by atoms with Crippen molar-refractivity contribution in [2.24, 2.45) is 5.73 Å². The van der Waals surface area contributed by atoms with E-state index in [0.717, 1.165) is 6.42 Å². The summed E-state index contributed by atoms with van der Waals surface area (Å²) in [5, 5.41) is 3.16. The topological polar surface area (TPSA) is 75.4 Å². The van der Waals surface area contributed by atoms with Gasteiger partial charge in [0.1, 0.15) is 4.90 Å². The molecule has 1 aliphatic carbocycles. The van der Waals surface area contributed by atoms with Crippen LogP contribution in [0.25, 0.3) is 0 Å². The van der Waals surface area contributed by atoms with Gasteiger partial charge in [-0.15, -0.1) is 0 Å². The molecule has 0 amide bonds. The van der Waals surface area contributed by atoms with Crippen LogP contribution in [0.3, 0.4) is 0 Å². The van der Waals surface area contributed by atoms with E-state index in [-0.39, 0.29) is 12.1 Å². The maximum Gasteiger partial charge on any atom is 0.244 e. The molecule has 6 heteroatoms. The molecule has 17 heavy (non-hydrogen) atoms. The van der Waals surface area contributed by atoms with Crippen molar-refractivity contribution in [1.29, 1.82) is 0 Å². The Morgan fingerprint density at radius 1 is 1.35 bits per heavy atom. The summed E-state index contributed by atoms with van der Waals surface area (Å²) in [5.74, 6) is 0. The number of para-hydroxylation sites is 1. The van der Waals surface area contributed by atoms with Crippen LogP contribution < -0.4 is 11.1 Å². The van der Waals surface area contributed by atoms with E-state index < -0.39 is 10.0 Å². The Bertz CT molecular complexity index is 513. The number of rotatable bonds is 4. The Hall–Kier alpha value is -1.11. The predicted molar refractivity (Wildman–Crippen MR) is 67.3 cm³/mol. The minimum atomic E-state index is -3.41. The summed E-state index contributed by atoms with van der Waals surface area (Å²) in [5.41, 5.74) is 6.34. The first-order valence-corrected chi connectivity index (χ1v) is 6.90. The Morgan fingerprint density at radius 3 is 2.47 bits per heavy atom. The molecule has 1 aliphatic rings. The quantitative estimate of drug-likeness (QED) is 0.819. The molecule has 1 saturated carbocycles. The molecular formula is C11H17N3O2S. The Labute approximate surface area is 102 Å². The van der Waals surface area contributed by atoms with E-state index >= 15 is 0 Å². The van der Waals surface area contributed by atoms with Crippen LogP contribution in [-0.2, 0) is 10.0 Å². The number of anilines is 1. The average Bonchev–Trinajstić information content (AvgIpc) is 2.94. The van der Waals surface area contributed by atoms with Crippen LogP contribution >= 0.6 is 0 Å². The van der Waals surface area contributed by atoms with Gasteiger partial charge in [0, 0.05) is 26.2 Å². The molecule has 0 aromatic heterocycles. The number of hydrogen-bond donors (Lipinski definition) is 2. The third-order valence-electron chi connectivity index (χ3n) is 2.83. The lowest BCUT2D eigenvalue weighted by Crippen LogP contribution is -2.24. The highest BCUT2D eigenvalue weighted by atomic mass is 32.2. The minimum Gasteiger partial charge on any atom is -0.380 e. The maximum atomic E-state index is 12.1. The maximum absolute atomic E-state index is 12.1. The Kier molecular flexibility index (Phi) is 3.11. The molecular weight excluding hydrogens is 238 g/mol. The van der Waals surface area contributed by atoms with Gasteiger partial charge in [-0.1, -0.05) is 12.1 Å². The molecule has 0 spiro atoms. The molecule has 94 valence electrons. The summed E-state index contributed by atoms with van der Waals surface area (Å²) < 4.78 is 25.4. The highest BCUT2D eigenvalue weighted by molar-refractivity contribution is 7.89. The predicted octanol–water partition coefficient (Wildman–Crippen LogP) is 0.448. The number of nitrogens with zero attached hydrogens (tertiary/aromatic N) is 1. The zero-order chi connectivity index (χ0) is 12.6. The number of nitrogens with one attached hydrogen (secondary N) is 1. The van der Waals surface area contributed by atoms with Gasteiger partial charge < -0.3 is 11.1 Å². The van der Waals surface area contributed by atoms with E-state index in [9.17, 15) is 8.42 Å². The molecule has 3 N–H and O–H groups in total. The summed E-state index contributed by atoms with van der Waals surface area (Å²) in [7, 11) is -0.367. The van der Waals surface area contributed by atoms with Crippen LogP contribution in [-0.4, -0.2) is 38.9 Å². The number of benzene rings is 1. The normalized spacial score (nSPS) is 23.8. The second kappa shape index (κ2) is 4.29. The smallest absolute Gasteiger partial charge is 0.244 e. The molecule has 0 bridgehead atoms. The van der Waals surface area contributed by atoms with Crippen molar-refractivity contribution in [1.82, 2.24) is 4.31 Å². The third kappa shape index (κ3) is 2.43. The second-order valence-corrected chi connectivity index (χ2v) is 6.55. The fourth-order valence-electron chi connectivity index (χ4n) is 1.59. The van der Waals surface area contributed by atoms with Gasteiger partial charge >= 0.3 is 0 Å². The molecule has 1 fully saturated rings. The van der Waals surface area contributed by atoms with Crippen molar-refractivity contribution in [3.63, 3.8) is 0 Å². The van der Waals surface area contributed by atoms with E-state index in [0.29, 0.717) is 10.6 Å². The summed E-state index contributed by atoms with van der Waals surface area (Å²) in [6, 6.07) is 7.21. The molecule has 1 aromatic carbocycles. The van der Waals surface area contributed by atoms with Crippen LogP contribution in [0.15, 0.2) is 29.2 Å². The highest BCUT2D eigenvalue weighted by Crippen LogP contribution is 2.29. The van der Waals surface area contributed by atoms with E-state index in [1.54, 1.807) is 18.2 Å². The number of sulfonamides is 1. The van der Waals surface area contributed by atoms with Gasteiger partial charge in [-0.25, -0.2) is 12.7 Å². The first-order valence-electron chi connectivity index (χ1n) is 5.46. The van der Waals surface area contributed by atoms with Crippen molar-refractivity contribution in [2.45, 2.75) is 23.4 Å². The fraction of sp³-hybridized carbons (Fsp3) is 0.455. The average molecular weight is 255 g/mol. The standard InChI is InChI=1S/C11H17N3O2S/c1-14(2)17(15,16)11-6-4-3-5-9(11)13-10-7-8(10)12/h3-6,8,10,13H,7,12H2,1-2H3. The van der Waals surface area contributed by atoms with Gasteiger partial charge in [-0.3, -0.25) is 0 Å². The molecule has 0 aliphatic heterocycles. The van der Waals surface area contributed by atoms with Gasteiger partial charge in [0.2, 0.25) is 10.0 Å². The van der Waals surface area contributed by atoms with E-state index in [1.807, 2.05) is 6.07 Å². The van der Waals surface area contributed by atoms with E-state index in [2.05, 4.69) is 5.32 Å². The Morgan fingerprint density at radius 2 is 1.94 bits per heavy atom. The highest BCUT2D eigenvalue weighted by Gasteiger charge is 2.34. The van der Waals surface area contributed by atoms with Crippen LogP contribution in [0.5, 0.6) is 0 Å². The molecule has 1 aromatic rings. The van der Waals surface area contributed by atoms with Crippen molar-refractivity contribution in [3.8, 4) is 0 Å². The molecule has 0 radical (unpaired) electrons. The Balaban J connectivity index is 2.34. The van der Waals surface area contributed by atoms with Crippen LogP contribution in [0.2, 0.25) is 0 Å². The number of hydrogen-bond acceptors (Lipinski definition) is 4.